The molecule has 0 spiro atoms. The van der Waals surface area contributed by atoms with E-state index in [1.165, 1.54) is 27.8 Å². The second kappa shape index (κ2) is 3.31. The van der Waals surface area contributed by atoms with E-state index in [-0.39, 0.29) is 0 Å². The van der Waals surface area contributed by atoms with Crippen LogP contribution in [0.1, 0.15) is 5.56 Å². The number of para-hydroxylation sites is 1. The van der Waals surface area contributed by atoms with Crippen molar-refractivity contribution in [2.75, 3.05) is 12.0 Å². The zero-order valence-electron chi connectivity index (χ0n) is 8.06. The molecule has 2 aliphatic rings. The molecule has 0 fully saturated rings. The quantitative estimate of drug-likeness (QED) is 0.621. The van der Waals surface area contributed by atoms with Gasteiger partial charge < -0.3 is 0 Å². The summed E-state index contributed by atoms with van der Waals surface area (Å²) in [5.41, 5.74) is 2.95. The number of hydrogen-bond acceptors (Lipinski definition) is 2. The Morgan fingerprint density at radius 3 is 3.14 bits per heavy atom. The van der Waals surface area contributed by atoms with Gasteiger partial charge in [0.05, 0.1) is 5.75 Å². The summed E-state index contributed by atoms with van der Waals surface area (Å²) >= 11 is 3.88. The van der Waals surface area contributed by atoms with Crippen LogP contribution in [0.2, 0.25) is 0 Å². The average Bonchev–Trinajstić information content (AvgIpc) is 2.75. The zero-order chi connectivity index (χ0) is 9.54. The summed E-state index contributed by atoms with van der Waals surface area (Å²) in [6, 6.07) is 9.52. The van der Waals surface area contributed by atoms with E-state index in [2.05, 4.69) is 35.1 Å². The average molecular weight is 222 g/mol. The van der Waals surface area contributed by atoms with Crippen LogP contribution in [0.4, 0.5) is 5.69 Å². The molecule has 1 atom stereocenters. The van der Waals surface area contributed by atoms with Crippen LogP contribution in [-0.4, -0.2) is 27.0 Å². The molecule has 2 aliphatic heterocycles. The van der Waals surface area contributed by atoms with Crippen molar-refractivity contribution in [3.05, 3.63) is 29.8 Å². The van der Waals surface area contributed by atoms with Gasteiger partial charge >= 0.3 is 0 Å². The number of nitrogens with zero attached hydrogens (tertiary/aromatic N) is 1. The minimum Gasteiger partial charge on any atom is -0.177 e. The molecule has 0 unspecified atom stereocenters. The normalized spacial score (nSPS) is 23.9. The van der Waals surface area contributed by atoms with Crippen LogP contribution in [0, 0.1) is 0 Å². The number of benzene rings is 1. The minimum atomic E-state index is 0.722. The Morgan fingerprint density at radius 2 is 2.29 bits per heavy atom. The number of fused-ring (bicyclic) bond motifs is 3. The smallest absolute Gasteiger partial charge is 0.177 e. The first kappa shape index (κ1) is 8.86. The van der Waals surface area contributed by atoms with Gasteiger partial charge in [-0.3, -0.25) is 0 Å². The van der Waals surface area contributed by atoms with Crippen molar-refractivity contribution in [1.29, 1.82) is 0 Å². The molecule has 0 aromatic heterocycles. The van der Waals surface area contributed by atoms with Crippen molar-refractivity contribution in [2.45, 2.75) is 12.5 Å². The third-order valence-electron chi connectivity index (χ3n) is 2.84. The predicted molar refractivity (Wildman–Crippen MR) is 64.8 cm³/mol. The van der Waals surface area contributed by atoms with Crippen molar-refractivity contribution in [3.8, 4) is 0 Å². The third kappa shape index (κ3) is 1.15. The molecule has 0 amide bonds. The van der Waals surface area contributed by atoms with Crippen LogP contribution in [0.25, 0.3) is 0 Å². The van der Waals surface area contributed by atoms with Crippen LogP contribution >= 0.6 is 23.5 Å². The van der Waals surface area contributed by atoms with Crippen molar-refractivity contribution in [2.24, 2.45) is 0 Å². The van der Waals surface area contributed by atoms with E-state index in [0.29, 0.717) is 0 Å². The first-order valence-electron chi connectivity index (χ1n) is 4.81. The second-order valence-electron chi connectivity index (χ2n) is 3.64. The van der Waals surface area contributed by atoms with Gasteiger partial charge in [-0.25, -0.2) is 0 Å². The van der Waals surface area contributed by atoms with E-state index in [1.807, 2.05) is 23.5 Å². The summed E-state index contributed by atoms with van der Waals surface area (Å²) in [5, 5.41) is 0. The lowest BCUT2D eigenvalue weighted by atomic mass is 10.1. The molecule has 14 heavy (non-hydrogen) atoms. The Kier molecular flexibility index (Phi) is 2.10. The maximum atomic E-state index is 2.52. The molecule has 0 radical (unpaired) electrons. The van der Waals surface area contributed by atoms with Crippen molar-refractivity contribution >= 4 is 33.6 Å². The fraction of sp³-hybridized carbons (Fsp3) is 0.364. The summed E-state index contributed by atoms with van der Waals surface area (Å²) in [4.78, 5) is 0. The largest absolute Gasteiger partial charge is 0.276 e. The van der Waals surface area contributed by atoms with Gasteiger partial charge in [0, 0.05) is 18.1 Å². The van der Waals surface area contributed by atoms with Gasteiger partial charge in [-0.2, -0.15) is 4.58 Å². The lowest BCUT2D eigenvalue weighted by molar-refractivity contribution is -0.458. The lowest BCUT2D eigenvalue weighted by Gasteiger charge is -1.97. The highest BCUT2D eigenvalue weighted by Gasteiger charge is 2.41. The molecule has 3 heteroatoms. The molecule has 0 aliphatic carbocycles. The zero-order valence-corrected chi connectivity index (χ0v) is 9.70. The van der Waals surface area contributed by atoms with E-state index in [9.17, 15) is 0 Å². The highest BCUT2D eigenvalue weighted by molar-refractivity contribution is 8.38. The highest BCUT2D eigenvalue weighted by atomic mass is 32.2. The molecule has 1 aromatic carbocycles. The fourth-order valence-electron chi connectivity index (χ4n) is 2.24. The summed E-state index contributed by atoms with van der Waals surface area (Å²) < 4.78 is 3.99. The summed E-state index contributed by atoms with van der Waals surface area (Å²) in [5.74, 6) is 1.25. The van der Waals surface area contributed by atoms with Gasteiger partial charge in [0.25, 0.3) is 4.38 Å². The Bertz CT molecular complexity index is 412. The van der Waals surface area contributed by atoms with E-state index in [0.717, 1.165) is 6.04 Å². The topological polar surface area (TPSA) is 3.01 Å². The first-order chi connectivity index (χ1) is 6.90. The molecule has 3 rings (SSSR count). The standard InChI is InChI=1S/C11H12NS2/c1-13-11-12-9(7-14-11)6-8-4-2-3-5-10(8)12/h2-5,9H,6-7H2,1H3/q+1/t9-/m1/s1. The Balaban J connectivity index is 2.18. The summed E-state index contributed by atoms with van der Waals surface area (Å²) in [7, 11) is 0. The van der Waals surface area contributed by atoms with E-state index in [4.69, 9.17) is 0 Å². The SMILES string of the molecule is CSC1=[N+]2c3ccccc3C[C@@H]2CS1. The van der Waals surface area contributed by atoms with Crippen LogP contribution < -0.4 is 0 Å². The number of rotatable bonds is 0. The first-order valence-corrected chi connectivity index (χ1v) is 7.02. The van der Waals surface area contributed by atoms with Crippen molar-refractivity contribution < 1.29 is 4.58 Å². The molecular weight excluding hydrogens is 210 g/mol. The third-order valence-corrected chi connectivity index (χ3v) is 5.24. The molecule has 0 saturated carbocycles. The molecule has 1 aromatic rings. The molecule has 0 bridgehead atoms. The highest BCUT2D eigenvalue weighted by Crippen LogP contribution is 2.39. The molecule has 0 N–H and O–H groups in total. The number of hydrogen-bond donors (Lipinski definition) is 0. The van der Waals surface area contributed by atoms with Gasteiger partial charge in [0.2, 0.25) is 5.69 Å². The Morgan fingerprint density at radius 1 is 1.43 bits per heavy atom. The van der Waals surface area contributed by atoms with Gasteiger partial charge in [0.15, 0.2) is 6.04 Å². The van der Waals surface area contributed by atoms with Crippen molar-refractivity contribution in [1.82, 2.24) is 0 Å². The number of thioether (sulfide) groups is 2. The molecular formula is C11H12NS2+. The summed E-state index contributed by atoms with van der Waals surface area (Å²) in [6.45, 7) is 0. The van der Waals surface area contributed by atoms with Gasteiger partial charge in [-0.1, -0.05) is 30.0 Å². The van der Waals surface area contributed by atoms with Crippen LogP contribution in [0.3, 0.4) is 0 Å². The van der Waals surface area contributed by atoms with Crippen LogP contribution in [0.5, 0.6) is 0 Å². The Hall–Kier alpha value is -0.410. The lowest BCUT2D eigenvalue weighted by Crippen LogP contribution is -2.16. The second-order valence-corrected chi connectivity index (χ2v) is 5.70. The molecule has 72 valence electrons. The van der Waals surface area contributed by atoms with E-state index >= 15 is 0 Å². The minimum absolute atomic E-state index is 0.722. The van der Waals surface area contributed by atoms with E-state index < -0.39 is 0 Å². The van der Waals surface area contributed by atoms with E-state index in [1.54, 1.807) is 0 Å². The molecule has 2 heterocycles. The predicted octanol–water partition coefficient (Wildman–Crippen LogP) is 2.72. The van der Waals surface area contributed by atoms with Crippen LogP contribution in [-0.2, 0) is 6.42 Å². The monoisotopic (exact) mass is 222 g/mol. The van der Waals surface area contributed by atoms with Crippen molar-refractivity contribution in [3.63, 3.8) is 0 Å². The van der Waals surface area contributed by atoms with Gasteiger partial charge in [-0.15, -0.1) is 0 Å². The maximum absolute atomic E-state index is 2.52. The molecule has 0 saturated heterocycles. The fourth-order valence-corrected chi connectivity index (χ4v) is 4.34. The van der Waals surface area contributed by atoms with Gasteiger partial charge in [0.1, 0.15) is 0 Å². The summed E-state index contributed by atoms with van der Waals surface area (Å²) in [6.07, 6.45) is 3.40. The van der Waals surface area contributed by atoms with Crippen LogP contribution in [0.15, 0.2) is 24.3 Å². The Labute approximate surface area is 92.6 Å². The van der Waals surface area contributed by atoms with Gasteiger partial charge in [-0.05, 0) is 18.0 Å². The molecule has 1 nitrogen and oxygen atoms in total. The maximum Gasteiger partial charge on any atom is 0.276 e.